The topological polar surface area (TPSA) is 4.93 Å². The van der Waals surface area contributed by atoms with E-state index in [0.717, 1.165) is 0 Å². The van der Waals surface area contributed by atoms with Crippen LogP contribution in [0.1, 0.15) is 0 Å². The molecule has 0 unspecified atom stereocenters. The molecule has 1 nitrogen and oxygen atoms in total. The summed E-state index contributed by atoms with van der Waals surface area (Å²) in [6, 6.07) is 49.0. The average molecular weight is 526 g/mol. The fraction of sp³-hybridized carbons (Fsp3) is 0. The lowest BCUT2D eigenvalue weighted by Crippen LogP contribution is -1.92. The van der Waals surface area contributed by atoms with Gasteiger partial charge >= 0.3 is 0 Å². The van der Waals surface area contributed by atoms with Crippen LogP contribution in [0.4, 0.5) is 0 Å². The van der Waals surface area contributed by atoms with Gasteiger partial charge in [-0.05, 0) is 73.8 Å². The highest BCUT2D eigenvalue weighted by Gasteiger charge is 2.14. The first-order valence-electron chi connectivity index (χ1n) is 13.7. The van der Waals surface area contributed by atoms with Crippen molar-refractivity contribution < 1.29 is 0 Å². The first kappa shape index (κ1) is 22.0. The van der Waals surface area contributed by atoms with Crippen molar-refractivity contribution in [3.05, 3.63) is 140 Å². The molecule has 0 spiro atoms. The average Bonchev–Trinajstić information content (AvgIpc) is 3.63. The maximum atomic E-state index is 2.38. The third-order valence-corrected chi connectivity index (χ3v) is 9.59. The summed E-state index contributed by atoms with van der Waals surface area (Å²) in [6.07, 6.45) is 2.22. The molecule has 0 saturated carbocycles. The van der Waals surface area contributed by atoms with Crippen LogP contribution in [0.2, 0.25) is 0 Å². The monoisotopic (exact) mass is 525 g/mol. The molecule has 40 heavy (non-hydrogen) atoms. The SMILES string of the molecule is c1cc(-c2ccc3c4ccccc4c4ccccc4c3c2)cc(-n2ccc3ccc4c5ccccc5sc4c32)c1. The summed E-state index contributed by atoms with van der Waals surface area (Å²) < 4.78 is 5.04. The van der Waals surface area contributed by atoms with Gasteiger partial charge in [0.15, 0.2) is 0 Å². The van der Waals surface area contributed by atoms with Crippen LogP contribution in [-0.4, -0.2) is 4.57 Å². The Kier molecular flexibility index (Phi) is 4.55. The predicted octanol–water partition coefficient (Wildman–Crippen LogP) is 11.1. The number of hydrogen-bond donors (Lipinski definition) is 0. The lowest BCUT2D eigenvalue weighted by atomic mass is 9.92. The van der Waals surface area contributed by atoms with Crippen molar-refractivity contribution in [2.75, 3.05) is 0 Å². The molecule has 0 amide bonds. The molecule has 0 radical (unpaired) electrons. The van der Waals surface area contributed by atoms with E-state index in [1.54, 1.807) is 0 Å². The molecule has 0 N–H and O–H groups in total. The van der Waals surface area contributed by atoms with Crippen LogP contribution in [0.3, 0.4) is 0 Å². The van der Waals surface area contributed by atoms with Crippen LogP contribution in [0.5, 0.6) is 0 Å². The molecule has 0 saturated heterocycles. The molecule has 2 aromatic heterocycles. The number of rotatable bonds is 2. The Bertz CT molecular complexity index is 2400. The number of aromatic nitrogens is 1. The molecular formula is C38H23NS. The second-order valence-electron chi connectivity index (χ2n) is 10.6. The fourth-order valence-electron chi connectivity index (χ4n) is 6.54. The van der Waals surface area contributed by atoms with E-state index in [1.807, 2.05) is 11.3 Å². The predicted molar refractivity (Wildman–Crippen MR) is 174 cm³/mol. The zero-order valence-corrected chi connectivity index (χ0v) is 22.5. The molecule has 7 aromatic carbocycles. The quantitative estimate of drug-likeness (QED) is 0.198. The van der Waals surface area contributed by atoms with Gasteiger partial charge < -0.3 is 4.57 Å². The van der Waals surface area contributed by atoms with E-state index in [4.69, 9.17) is 0 Å². The van der Waals surface area contributed by atoms with Crippen molar-refractivity contribution in [3.63, 3.8) is 0 Å². The minimum absolute atomic E-state index is 1.18. The summed E-state index contributed by atoms with van der Waals surface area (Å²) >= 11 is 1.89. The van der Waals surface area contributed by atoms with Gasteiger partial charge in [0.25, 0.3) is 0 Å². The van der Waals surface area contributed by atoms with Crippen LogP contribution >= 0.6 is 11.3 Å². The third-order valence-electron chi connectivity index (χ3n) is 8.40. The van der Waals surface area contributed by atoms with Crippen molar-refractivity contribution in [2.24, 2.45) is 0 Å². The van der Waals surface area contributed by atoms with E-state index < -0.39 is 0 Å². The molecular weight excluding hydrogens is 502 g/mol. The molecule has 0 bridgehead atoms. The molecule has 0 aliphatic rings. The lowest BCUT2D eigenvalue weighted by Gasteiger charge is -2.13. The second-order valence-corrected chi connectivity index (χ2v) is 11.6. The van der Waals surface area contributed by atoms with Gasteiger partial charge in [0.2, 0.25) is 0 Å². The third kappa shape index (κ3) is 3.08. The zero-order valence-electron chi connectivity index (χ0n) is 21.6. The first-order chi connectivity index (χ1) is 19.8. The highest BCUT2D eigenvalue weighted by Crippen LogP contribution is 2.40. The minimum atomic E-state index is 1.18. The van der Waals surface area contributed by atoms with Crippen LogP contribution in [0.25, 0.3) is 80.2 Å². The normalized spacial score (nSPS) is 12.0. The number of thiophene rings is 1. The first-order valence-corrected chi connectivity index (χ1v) is 14.5. The molecule has 186 valence electrons. The highest BCUT2D eigenvalue weighted by atomic mass is 32.1. The van der Waals surface area contributed by atoms with Crippen molar-refractivity contribution in [1.29, 1.82) is 0 Å². The minimum Gasteiger partial charge on any atom is -0.315 e. The van der Waals surface area contributed by atoms with Crippen LogP contribution < -0.4 is 0 Å². The van der Waals surface area contributed by atoms with Gasteiger partial charge in [0, 0.05) is 32.7 Å². The maximum absolute atomic E-state index is 2.38. The summed E-state index contributed by atoms with van der Waals surface area (Å²) in [5.41, 5.74) is 4.92. The Balaban J connectivity index is 1.26. The smallest absolute Gasteiger partial charge is 0.0707 e. The van der Waals surface area contributed by atoms with Crippen molar-refractivity contribution in [2.45, 2.75) is 0 Å². The van der Waals surface area contributed by atoms with E-state index >= 15 is 0 Å². The van der Waals surface area contributed by atoms with Crippen LogP contribution in [0.15, 0.2) is 140 Å². The Hall–Kier alpha value is -4.92. The molecule has 0 atom stereocenters. The standard InChI is InChI=1S/C38H23NS/c1-2-12-30-28(10-1)29-11-3-4-13-31(29)35-23-26(17-18-32(30)35)25-8-7-9-27(22-25)39-21-20-24-16-19-34-33-14-5-6-15-36(33)40-38(34)37(24)39/h1-23H. The van der Waals surface area contributed by atoms with Gasteiger partial charge in [-0.25, -0.2) is 0 Å². The molecule has 0 aliphatic heterocycles. The van der Waals surface area contributed by atoms with Crippen molar-refractivity contribution in [3.8, 4) is 16.8 Å². The van der Waals surface area contributed by atoms with Gasteiger partial charge in [-0.3, -0.25) is 0 Å². The van der Waals surface area contributed by atoms with E-state index in [0.29, 0.717) is 0 Å². The number of hydrogen-bond acceptors (Lipinski definition) is 1. The van der Waals surface area contributed by atoms with Gasteiger partial charge in [-0.1, -0.05) is 103 Å². The highest BCUT2D eigenvalue weighted by molar-refractivity contribution is 7.26. The Morgan fingerprint density at radius 1 is 0.425 bits per heavy atom. The number of benzene rings is 7. The van der Waals surface area contributed by atoms with Gasteiger partial charge in [0.1, 0.15) is 0 Å². The largest absolute Gasteiger partial charge is 0.315 e. The van der Waals surface area contributed by atoms with Crippen LogP contribution in [-0.2, 0) is 0 Å². The molecule has 9 aromatic rings. The molecule has 9 rings (SSSR count). The Morgan fingerprint density at radius 2 is 1.05 bits per heavy atom. The summed E-state index contributed by atoms with van der Waals surface area (Å²) in [6.45, 7) is 0. The second kappa shape index (κ2) is 8.29. The van der Waals surface area contributed by atoms with Crippen LogP contribution in [0, 0.1) is 0 Å². The summed E-state index contributed by atoms with van der Waals surface area (Å²) in [5, 5.41) is 11.8. The molecule has 2 heterocycles. The van der Waals surface area contributed by atoms with E-state index in [1.165, 1.54) is 80.2 Å². The number of fused-ring (bicyclic) bond motifs is 11. The van der Waals surface area contributed by atoms with Gasteiger partial charge in [-0.2, -0.15) is 0 Å². The number of nitrogens with zero attached hydrogens (tertiary/aromatic N) is 1. The van der Waals surface area contributed by atoms with E-state index in [2.05, 4.69) is 144 Å². The summed E-state index contributed by atoms with van der Waals surface area (Å²) in [7, 11) is 0. The Morgan fingerprint density at radius 3 is 1.82 bits per heavy atom. The molecule has 0 aliphatic carbocycles. The van der Waals surface area contributed by atoms with E-state index in [9.17, 15) is 0 Å². The Labute approximate surface area is 235 Å². The van der Waals surface area contributed by atoms with Gasteiger partial charge in [-0.15, -0.1) is 11.3 Å². The molecule has 0 fully saturated rings. The summed E-state index contributed by atoms with van der Waals surface area (Å²) in [5.74, 6) is 0. The fourth-order valence-corrected chi connectivity index (χ4v) is 7.80. The lowest BCUT2D eigenvalue weighted by molar-refractivity contribution is 1.14. The van der Waals surface area contributed by atoms with Crippen molar-refractivity contribution >= 4 is 74.7 Å². The van der Waals surface area contributed by atoms with Gasteiger partial charge in [0.05, 0.1) is 10.2 Å². The summed E-state index contributed by atoms with van der Waals surface area (Å²) in [4.78, 5) is 0. The molecule has 2 heteroatoms. The zero-order chi connectivity index (χ0) is 26.2. The van der Waals surface area contributed by atoms with Crippen molar-refractivity contribution in [1.82, 2.24) is 4.57 Å². The maximum Gasteiger partial charge on any atom is 0.0707 e. The van der Waals surface area contributed by atoms with E-state index in [-0.39, 0.29) is 0 Å².